The van der Waals surface area contributed by atoms with Crippen molar-refractivity contribution in [1.82, 2.24) is 9.46 Å². The SMILES string of the molecule is Cc1cc(NC(=O)[C@@H](OC(=O)c2cccc(S(=O)(=O)N3CCCCC3)c2)c2ccccc2)no1. The Morgan fingerprint density at radius 1 is 1.03 bits per heavy atom. The number of carbonyl (C=O) groups is 2. The van der Waals surface area contributed by atoms with Gasteiger partial charge in [-0.1, -0.05) is 48.0 Å². The van der Waals surface area contributed by atoms with Crippen LogP contribution in [-0.4, -0.2) is 42.8 Å². The Kier molecular flexibility index (Phi) is 7.09. The predicted molar refractivity (Wildman–Crippen MR) is 124 cm³/mol. The third-order valence-electron chi connectivity index (χ3n) is 5.47. The van der Waals surface area contributed by atoms with Crippen molar-refractivity contribution in [1.29, 1.82) is 0 Å². The first-order valence-corrected chi connectivity index (χ1v) is 12.4. The number of piperidine rings is 1. The lowest BCUT2D eigenvalue weighted by atomic mass is 10.1. The van der Waals surface area contributed by atoms with E-state index in [2.05, 4.69) is 10.5 Å². The highest BCUT2D eigenvalue weighted by molar-refractivity contribution is 7.89. The molecule has 2 heterocycles. The highest BCUT2D eigenvalue weighted by Gasteiger charge is 2.29. The van der Waals surface area contributed by atoms with Gasteiger partial charge in [0.1, 0.15) is 5.76 Å². The zero-order chi connectivity index (χ0) is 24.1. The molecule has 0 unspecified atom stereocenters. The van der Waals surface area contributed by atoms with Crippen LogP contribution in [0.5, 0.6) is 0 Å². The highest BCUT2D eigenvalue weighted by Crippen LogP contribution is 2.24. The Bertz CT molecular complexity index is 1270. The second kappa shape index (κ2) is 10.2. The highest BCUT2D eigenvalue weighted by atomic mass is 32.2. The number of hydrogen-bond acceptors (Lipinski definition) is 7. The van der Waals surface area contributed by atoms with E-state index in [0.717, 1.165) is 19.3 Å². The summed E-state index contributed by atoms with van der Waals surface area (Å²) in [7, 11) is -3.73. The van der Waals surface area contributed by atoms with Crippen LogP contribution in [0.3, 0.4) is 0 Å². The molecule has 1 atom stereocenters. The zero-order valence-electron chi connectivity index (χ0n) is 18.6. The standard InChI is InChI=1S/C24H25N3O6S/c1-17-15-21(26-33-17)25-23(28)22(18-9-4-2-5-10-18)32-24(29)19-11-8-12-20(16-19)34(30,31)27-13-6-3-7-14-27/h2,4-5,8-12,15-16,22H,3,6-7,13-14H2,1H3,(H,25,26,28)/t22-/m0/s1. The van der Waals surface area contributed by atoms with Crippen molar-refractivity contribution >= 4 is 27.7 Å². The number of anilines is 1. The number of nitrogens with one attached hydrogen (secondary N) is 1. The van der Waals surface area contributed by atoms with E-state index in [9.17, 15) is 18.0 Å². The summed E-state index contributed by atoms with van der Waals surface area (Å²) in [6, 6.07) is 15.7. The number of esters is 1. The van der Waals surface area contributed by atoms with Gasteiger partial charge in [-0.05, 0) is 38.0 Å². The summed E-state index contributed by atoms with van der Waals surface area (Å²) < 4.78 is 38.0. The van der Waals surface area contributed by atoms with E-state index in [1.54, 1.807) is 37.3 Å². The molecule has 1 aliphatic heterocycles. The van der Waals surface area contributed by atoms with E-state index in [-0.39, 0.29) is 16.3 Å². The van der Waals surface area contributed by atoms with Crippen molar-refractivity contribution in [2.75, 3.05) is 18.4 Å². The molecular formula is C24H25N3O6S. The summed E-state index contributed by atoms with van der Waals surface area (Å²) in [6.07, 6.45) is 1.32. The first-order valence-electron chi connectivity index (χ1n) is 10.9. The number of aromatic nitrogens is 1. The van der Waals surface area contributed by atoms with Crippen LogP contribution >= 0.6 is 0 Å². The van der Waals surface area contributed by atoms with Gasteiger partial charge in [-0.15, -0.1) is 0 Å². The van der Waals surface area contributed by atoms with E-state index >= 15 is 0 Å². The topological polar surface area (TPSA) is 119 Å². The molecule has 3 aromatic rings. The molecule has 0 saturated carbocycles. The van der Waals surface area contributed by atoms with Crippen molar-refractivity contribution in [2.24, 2.45) is 0 Å². The second-order valence-electron chi connectivity index (χ2n) is 8.00. The summed E-state index contributed by atoms with van der Waals surface area (Å²) in [5, 5.41) is 6.31. The third kappa shape index (κ3) is 5.35. The van der Waals surface area contributed by atoms with Crippen LogP contribution in [0.25, 0.3) is 0 Å². The van der Waals surface area contributed by atoms with Gasteiger partial charge < -0.3 is 14.6 Å². The lowest BCUT2D eigenvalue weighted by Crippen LogP contribution is -2.35. The molecule has 1 N–H and O–H groups in total. The number of benzene rings is 2. The van der Waals surface area contributed by atoms with Crippen molar-refractivity contribution in [3.05, 3.63) is 77.6 Å². The van der Waals surface area contributed by atoms with E-state index < -0.39 is 28.0 Å². The van der Waals surface area contributed by atoms with Crippen molar-refractivity contribution in [3.8, 4) is 0 Å². The monoisotopic (exact) mass is 483 g/mol. The number of amides is 1. The van der Waals surface area contributed by atoms with Crippen molar-refractivity contribution < 1.29 is 27.3 Å². The molecule has 2 aromatic carbocycles. The van der Waals surface area contributed by atoms with Gasteiger partial charge >= 0.3 is 5.97 Å². The summed E-state index contributed by atoms with van der Waals surface area (Å²) in [5.41, 5.74) is 0.481. The van der Waals surface area contributed by atoms with Crippen molar-refractivity contribution in [3.63, 3.8) is 0 Å². The van der Waals surface area contributed by atoms with Crippen molar-refractivity contribution in [2.45, 2.75) is 37.2 Å². The molecule has 1 saturated heterocycles. The first kappa shape index (κ1) is 23.7. The van der Waals surface area contributed by atoms with E-state index in [1.807, 2.05) is 0 Å². The summed E-state index contributed by atoms with van der Waals surface area (Å²) in [5.74, 6) is -0.745. The van der Waals surface area contributed by atoms with Gasteiger partial charge in [-0.2, -0.15) is 4.31 Å². The molecule has 1 aromatic heterocycles. The Morgan fingerprint density at radius 3 is 2.44 bits per heavy atom. The zero-order valence-corrected chi connectivity index (χ0v) is 19.5. The molecule has 0 bridgehead atoms. The summed E-state index contributed by atoms with van der Waals surface area (Å²) >= 11 is 0. The summed E-state index contributed by atoms with van der Waals surface area (Å²) in [6.45, 7) is 2.59. The molecule has 178 valence electrons. The lowest BCUT2D eigenvalue weighted by Gasteiger charge is -2.26. The van der Waals surface area contributed by atoms with Gasteiger partial charge in [-0.3, -0.25) is 4.79 Å². The minimum Gasteiger partial charge on any atom is -0.444 e. The minimum absolute atomic E-state index is 0.0163. The maximum absolute atomic E-state index is 13.0. The second-order valence-corrected chi connectivity index (χ2v) is 9.94. The van der Waals surface area contributed by atoms with Gasteiger partial charge in [-0.25, -0.2) is 13.2 Å². The minimum atomic E-state index is -3.73. The van der Waals surface area contributed by atoms with Gasteiger partial charge in [0, 0.05) is 24.7 Å². The van der Waals surface area contributed by atoms with Crippen LogP contribution in [0.4, 0.5) is 5.82 Å². The normalized spacial score (nSPS) is 15.4. The fourth-order valence-corrected chi connectivity index (χ4v) is 5.29. The van der Waals surface area contributed by atoms with Gasteiger partial charge in [0.25, 0.3) is 5.91 Å². The number of sulfonamides is 1. The molecule has 0 spiro atoms. The summed E-state index contributed by atoms with van der Waals surface area (Å²) in [4.78, 5) is 26.0. The fourth-order valence-electron chi connectivity index (χ4n) is 3.73. The number of ether oxygens (including phenoxy) is 1. The number of aryl methyl sites for hydroxylation is 1. The number of hydrogen-bond donors (Lipinski definition) is 1. The smallest absolute Gasteiger partial charge is 0.339 e. The molecule has 10 heteroatoms. The average molecular weight is 484 g/mol. The largest absolute Gasteiger partial charge is 0.444 e. The fraction of sp³-hybridized carbons (Fsp3) is 0.292. The number of carbonyl (C=O) groups excluding carboxylic acids is 2. The predicted octanol–water partition coefficient (Wildman–Crippen LogP) is 3.69. The molecule has 34 heavy (non-hydrogen) atoms. The first-order chi connectivity index (χ1) is 16.3. The van der Waals surface area contributed by atoms with Crippen LogP contribution in [0.1, 0.15) is 47.0 Å². The molecule has 0 aliphatic carbocycles. The molecule has 1 amide bonds. The van der Waals surface area contributed by atoms with Crippen LogP contribution in [0.15, 0.2) is 70.1 Å². The van der Waals surface area contributed by atoms with Gasteiger partial charge in [0.05, 0.1) is 10.5 Å². The van der Waals surface area contributed by atoms with Gasteiger partial charge in [0.2, 0.25) is 16.1 Å². The van der Waals surface area contributed by atoms with Crippen LogP contribution in [-0.2, 0) is 19.6 Å². The molecule has 1 aliphatic rings. The molecular weight excluding hydrogens is 458 g/mol. The van der Waals surface area contributed by atoms with Crippen LogP contribution in [0.2, 0.25) is 0 Å². The van der Waals surface area contributed by atoms with Crippen LogP contribution < -0.4 is 5.32 Å². The van der Waals surface area contributed by atoms with E-state index in [4.69, 9.17) is 9.26 Å². The molecule has 1 fully saturated rings. The maximum atomic E-state index is 13.0. The Hall–Kier alpha value is -3.50. The quantitative estimate of drug-likeness (QED) is 0.509. The van der Waals surface area contributed by atoms with Crippen LogP contribution in [0, 0.1) is 6.92 Å². The Morgan fingerprint density at radius 2 is 1.76 bits per heavy atom. The molecule has 0 radical (unpaired) electrons. The Labute approximate surface area is 197 Å². The average Bonchev–Trinajstić information content (AvgIpc) is 3.27. The lowest BCUT2D eigenvalue weighted by molar-refractivity contribution is -0.125. The van der Waals surface area contributed by atoms with E-state index in [0.29, 0.717) is 24.4 Å². The third-order valence-corrected chi connectivity index (χ3v) is 7.36. The number of rotatable bonds is 7. The number of nitrogens with zero attached hydrogens (tertiary/aromatic N) is 2. The van der Waals surface area contributed by atoms with Gasteiger partial charge in [0.15, 0.2) is 5.82 Å². The van der Waals surface area contributed by atoms with E-state index in [1.165, 1.54) is 34.6 Å². The molecule has 9 nitrogen and oxygen atoms in total. The Balaban J connectivity index is 1.57. The maximum Gasteiger partial charge on any atom is 0.339 e. The molecule has 4 rings (SSSR count).